The van der Waals surface area contributed by atoms with E-state index >= 15 is 0 Å². The average molecular weight is 259 g/mol. The molecular weight excluding hydrogens is 242 g/mol. The summed E-state index contributed by atoms with van der Waals surface area (Å²) in [5, 5.41) is 16.9. The van der Waals surface area contributed by atoms with Crippen molar-refractivity contribution in [3.8, 4) is 11.4 Å². The fraction of sp³-hybridized carbons (Fsp3) is 0.286. The molecule has 0 bridgehead atoms. The maximum absolute atomic E-state index is 12.0. The molecule has 1 aromatic heterocycles. The highest BCUT2D eigenvalue weighted by molar-refractivity contribution is 5.41. The summed E-state index contributed by atoms with van der Waals surface area (Å²) in [6.45, 7) is 2.43. The van der Waals surface area contributed by atoms with Gasteiger partial charge in [0.2, 0.25) is 0 Å². The molecule has 5 nitrogen and oxygen atoms in total. The number of aryl methyl sites for hydroxylation is 1. The Hall–Kier alpha value is -2.14. The molecule has 0 amide bonds. The van der Waals surface area contributed by atoms with Crippen molar-refractivity contribution in [2.45, 2.75) is 19.9 Å². The molecule has 100 valence electrons. The monoisotopic (exact) mass is 259 g/mol. The van der Waals surface area contributed by atoms with Crippen molar-refractivity contribution in [2.75, 3.05) is 7.05 Å². The van der Waals surface area contributed by atoms with E-state index in [2.05, 4.69) is 10.4 Å². The highest BCUT2D eigenvalue weighted by atomic mass is 16.3. The number of rotatable bonds is 4. The van der Waals surface area contributed by atoms with E-state index < -0.39 is 0 Å². The molecule has 0 atom stereocenters. The zero-order valence-electron chi connectivity index (χ0n) is 11.1. The van der Waals surface area contributed by atoms with Crippen molar-refractivity contribution in [1.29, 1.82) is 0 Å². The Bertz CT molecular complexity index is 635. The van der Waals surface area contributed by atoms with Crippen LogP contribution in [0.4, 0.5) is 0 Å². The van der Waals surface area contributed by atoms with Crippen molar-refractivity contribution >= 4 is 0 Å². The van der Waals surface area contributed by atoms with Crippen LogP contribution in [-0.2, 0) is 13.0 Å². The molecule has 0 aliphatic carbocycles. The predicted molar refractivity (Wildman–Crippen MR) is 73.6 cm³/mol. The van der Waals surface area contributed by atoms with E-state index in [0.717, 1.165) is 17.7 Å². The fourth-order valence-corrected chi connectivity index (χ4v) is 1.96. The van der Waals surface area contributed by atoms with Crippen LogP contribution < -0.4 is 10.9 Å². The Morgan fingerprint density at radius 1 is 1.37 bits per heavy atom. The third-order valence-electron chi connectivity index (χ3n) is 2.93. The smallest absolute Gasteiger partial charge is 0.275 e. The van der Waals surface area contributed by atoms with E-state index in [4.69, 9.17) is 0 Å². The molecule has 0 saturated carbocycles. The topological polar surface area (TPSA) is 67.2 Å². The van der Waals surface area contributed by atoms with Crippen LogP contribution in [0.5, 0.6) is 5.75 Å². The van der Waals surface area contributed by atoms with Gasteiger partial charge in [0.1, 0.15) is 11.4 Å². The van der Waals surface area contributed by atoms with Crippen LogP contribution in [-0.4, -0.2) is 21.9 Å². The second-order valence-corrected chi connectivity index (χ2v) is 4.24. The van der Waals surface area contributed by atoms with Gasteiger partial charge in [-0.1, -0.05) is 25.1 Å². The van der Waals surface area contributed by atoms with Gasteiger partial charge >= 0.3 is 0 Å². The maximum atomic E-state index is 12.0. The summed E-state index contributed by atoms with van der Waals surface area (Å²) in [7, 11) is 1.76. The van der Waals surface area contributed by atoms with Crippen LogP contribution in [0.25, 0.3) is 5.69 Å². The van der Waals surface area contributed by atoms with E-state index in [1.165, 1.54) is 10.7 Å². The molecule has 19 heavy (non-hydrogen) atoms. The van der Waals surface area contributed by atoms with Gasteiger partial charge in [-0.3, -0.25) is 4.79 Å². The first-order valence-corrected chi connectivity index (χ1v) is 6.22. The second-order valence-electron chi connectivity index (χ2n) is 4.24. The summed E-state index contributed by atoms with van der Waals surface area (Å²) in [5.41, 5.74) is 1.91. The van der Waals surface area contributed by atoms with Crippen molar-refractivity contribution in [3.05, 3.63) is 51.9 Å². The molecule has 2 aromatic rings. The van der Waals surface area contributed by atoms with E-state index in [1.54, 1.807) is 7.05 Å². The van der Waals surface area contributed by atoms with Crippen molar-refractivity contribution in [3.63, 3.8) is 0 Å². The maximum Gasteiger partial charge on any atom is 0.275 e. The zero-order valence-corrected chi connectivity index (χ0v) is 11.1. The number of para-hydroxylation sites is 1. The van der Waals surface area contributed by atoms with Gasteiger partial charge in [-0.15, -0.1) is 0 Å². The standard InChI is InChI=1S/C14H17N3O2/c1-3-10-6-4-5-7-12(10)17-14(19)8-13(18)11(16-17)9-15-2/h4-8,15,18H,3,9H2,1-2H3. The van der Waals surface area contributed by atoms with E-state index in [-0.39, 0.29) is 11.3 Å². The number of aromatic nitrogens is 2. The second kappa shape index (κ2) is 5.67. The molecule has 0 aliphatic heterocycles. The number of hydrogen-bond donors (Lipinski definition) is 2. The molecule has 1 aromatic carbocycles. The van der Waals surface area contributed by atoms with Crippen molar-refractivity contribution < 1.29 is 5.11 Å². The Labute approximate surface area is 111 Å². The molecule has 0 unspecified atom stereocenters. The number of benzene rings is 1. The fourth-order valence-electron chi connectivity index (χ4n) is 1.96. The lowest BCUT2D eigenvalue weighted by atomic mass is 10.1. The number of aromatic hydroxyl groups is 1. The first kappa shape index (κ1) is 13.3. The summed E-state index contributed by atoms with van der Waals surface area (Å²) in [4.78, 5) is 12.0. The average Bonchev–Trinajstić information content (AvgIpc) is 2.42. The molecule has 5 heteroatoms. The van der Waals surface area contributed by atoms with Crippen LogP contribution in [0.15, 0.2) is 35.1 Å². The van der Waals surface area contributed by atoms with Gasteiger partial charge in [-0.25, -0.2) is 0 Å². The predicted octanol–water partition coefficient (Wildman–Crippen LogP) is 1.22. The van der Waals surface area contributed by atoms with Gasteiger partial charge in [0.15, 0.2) is 0 Å². The number of hydrogen-bond acceptors (Lipinski definition) is 4. The molecule has 0 fully saturated rings. The minimum atomic E-state index is -0.335. The van der Waals surface area contributed by atoms with Crippen LogP contribution >= 0.6 is 0 Å². The lowest BCUT2D eigenvalue weighted by Crippen LogP contribution is -2.24. The molecule has 0 saturated heterocycles. The van der Waals surface area contributed by atoms with Gasteiger partial charge in [0, 0.05) is 12.6 Å². The molecule has 2 rings (SSSR count). The molecule has 0 aliphatic rings. The lowest BCUT2D eigenvalue weighted by molar-refractivity contribution is 0.453. The Kier molecular flexibility index (Phi) is 3.97. The van der Waals surface area contributed by atoms with Gasteiger partial charge in [0.05, 0.1) is 5.69 Å². The van der Waals surface area contributed by atoms with Gasteiger partial charge in [-0.2, -0.15) is 9.78 Å². The quantitative estimate of drug-likeness (QED) is 0.866. The highest BCUT2D eigenvalue weighted by Gasteiger charge is 2.10. The summed E-state index contributed by atoms with van der Waals surface area (Å²) in [5.74, 6) is -0.0791. The summed E-state index contributed by atoms with van der Waals surface area (Å²) in [6.07, 6.45) is 0.812. The minimum Gasteiger partial charge on any atom is -0.506 e. The van der Waals surface area contributed by atoms with Crippen LogP contribution in [0.3, 0.4) is 0 Å². The van der Waals surface area contributed by atoms with Gasteiger partial charge in [-0.05, 0) is 25.1 Å². The largest absolute Gasteiger partial charge is 0.506 e. The van der Waals surface area contributed by atoms with E-state index in [0.29, 0.717) is 12.2 Å². The van der Waals surface area contributed by atoms with Gasteiger partial charge in [0.25, 0.3) is 5.56 Å². The van der Waals surface area contributed by atoms with Gasteiger partial charge < -0.3 is 10.4 Å². The third kappa shape index (κ3) is 2.66. The number of nitrogens with one attached hydrogen (secondary N) is 1. The SMILES string of the molecule is CCc1ccccc1-n1nc(CNC)c(O)cc1=O. The first-order chi connectivity index (χ1) is 9.17. The summed E-state index contributed by atoms with van der Waals surface area (Å²) >= 11 is 0. The molecule has 0 radical (unpaired) electrons. The summed E-state index contributed by atoms with van der Waals surface area (Å²) < 4.78 is 1.34. The highest BCUT2D eigenvalue weighted by Crippen LogP contribution is 2.15. The molecule has 0 spiro atoms. The minimum absolute atomic E-state index is 0.0791. The third-order valence-corrected chi connectivity index (χ3v) is 2.93. The normalized spacial score (nSPS) is 10.6. The first-order valence-electron chi connectivity index (χ1n) is 6.22. The number of nitrogens with zero attached hydrogens (tertiary/aromatic N) is 2. The van der Waals surface area contributed by atoms with Crippen LogP contribution in [0, 0.1) is 0 Å². The van der Waals surface area contributed by atoms with Crippen LogP contribution in [0.1, 0.15) is 18.2 Å². The Morgan fingerprint density at radius 2 is 2.11 bits per heavy atom. The van der Waals surface area contributed by atoms with E-state index in [1.807, 2.05) is 31.2 Å². The van der Waals surface area contributed by atoms with Crippen LogP contribution in [0.2, 0.25) is 0 Å². The van der Waals surface area contributed by atoms with Crippen molar-refractivity contribution in [1.82, 2.24) is 15.1 Å². The van der Waals surface area contributed by atoms with Crippen molar-refractivity contribution in [2.24, 2.45) is 0 Å². The summed E-state index contributed by atoms with van der Waals surface area (Å²) in [6, 6.07) is 8.82. The Balaban J connectivity index is 2.61. The lowest BCUT2D eigenvalue weighted by Gasteiger charge is -2.11. The molecule has 2 N–H and O–H groups in total. The zero-order chi connectivity index (χ0) is 13.8. The molecular formula is C14H17N3O2. The molecule has 1 heterocycles. The van der Waals surface area contributed by atoms with E-state index in [9.17, 15) is 9.90 Å². The Morgan fingerprint density at radius 3 is 2.79 bits per heavy atom.